The van der Waals surface area contributed by atoms with Gasteiger partial charge in [-0.1, -0.05) is 43.2 Å². The highest BCUT2D eigenvalue weighted by molar-refractivity contribution is 5.78. The normalized spacial score (nSPS) is 26.4. The van der Waals surface area contributed by atoms with Crippen LogP contribution < -0.4 is 0 Å². The van der Waals surface area contributed by atoms with Gasteiger partial charge < -0.3 is 4.90 Å². The summed E-state index contributed by atoms with van der Waals surface area (Å²) in [5, 5.41) is 4.19. The molecule has 2 aliphatic rings. The molecule has 4 nitrogen and oxygen atoms in total. The third kappa shape index (κ3) is 2.37. The number of aromatic nitrogens is 2. The van der Waals surface area contributed by atoms with Gasteiger partial charge in [0.2, 0.25) is 5.91 Å². The van der Waals surface area contributed by atoms with E-state index in [-0.39, 0.29) is 11.4 Å². The summed E-state index contributed by atoms with van der Waals surface area (Å²) in [6.45, 7) is 1.59. The Kier molecular flexibility index (Phi) is 3.68. The maximum Gasteiger partial charge on any atom is 0.225 e. The van der Waals surface area contributed by atoms with Crippen LogP contribution in [0.4, 0.5) is 0 Å². The van der Waals surface area contributed by atoms with Crippen LogP contribution in [0, 0.1) is 5.92 Å². The standard InChI is InChI=1S/C19H23N3O/c23-18(10-14-21-13-6-12-20-21)22-15-17-9-4-5-11-19(17,22)16-7-2-1-3-8-16/h1-3,6-8,12-13,17H,4-5,9-11,14-15H2. The number of hydrogen-bond acceptors (Lipinski definition) is 2. The van der Waals surface area contributed by atoms with Crippen LogP contribution in [0.3, 0.4) is 0 Å². The first-order chi connectivity index (χ1) is 11.3. The van der Waals surface area contributed by atoms with E-state index in [1.54, 1.807) is 6.20 Å². The summed E-state index contributed by atoms with van der Waals surface area (Å²) in [6, 6.07) is 12.6. The lowest BCUT2D eigenvalue weighted by molar-refractivity contribution is -0.167. The highest BCUT2D eigenvalue weighted by Crippen LogP contribution is 2.53. The van der Waals surface area contributed by atoms with Crippen molar-refractivity contribution in [2.24, 2.45) is 5.92 Å². The van der Waals surface area contributed by atoms with Crippen LogP contribution in [0.15, 0.2) is 48.8 Å². The molecule has 0 spiro atoms. The molecular formula is C19H23N3O. The van der Waals surface area contributed by atoms with Crippen LogP contribution in [0.1, 0.15) is 37.7 Å². The summed E-state index contributed by atoms with van der Waals surface area (Å²) in [6.07, 6.45) is 9.08. The number of fused-ring (bicyclic) bond motifs is 1. The third-order valence-corrected chi connectivity index (χ3v) is 5.61. The van der Waals surface area contributed by atoms with Crippen LogP contribution in [-0.2, 0) is 16.9 Å². The van der Waals surface area contributed by atoms with Gasteiger partial charge in [-0.25, -0.2) is 0 Å². The van der Waals surface area contributed by atoms with Gasteiger partial charge in [-0.05, 0) is 24.5 Å². The Labute approximate surface area is 137 Å². The Balaban J connectivity index is 1.54. The number of nitrogens with zero attached hydrogens (tertiary/aromatic N) is 3. The van der Waals surface area contributed by atoms with Crippen molar-refractivity contribution >= 4 is 5.91 Å². The summed E-state index contributed by atoms with van der Waals surface area (Å²) < 4.78 is 1.84. The molecule has 1 aliphatic carbocycles. The molecule has 4 heteroatoms. The highest BCUT2D eigenvalue weighted by atomic mass is 16.2. The highest BCUT2D eigenvalue weighted by Gasteiger charge is 2.56. The first-order valence-electron chi connectivity index (χ1n) is 8.64. The number of carbonyl (C=O) groups is 1. The van der Waals surface area contributed by atoms with E-state index in [0.717, 1.165) is 13.0 Å². The number of aryl methyl sites for hydroxylation is 1. The third-order valence-electron chi connectivity index (χ3n) is 5.61. The van der Waals surface area contributed by atoms with E-state index in [1.807, 2.05) is 16.9 Å². The minimum absolute atomic E-state index is 0.0410. The first-order valence-corrected chi connectivity index (χ1v) is 8.64. The summed E-state index contributed by atoms with van der Waals surface area (Å²) in [5.74, 6) is 0.898. The second-order valence-corrected chi connectivity index (χ2v) is 6.76. The predicted octanol–water partition coefficient (Wildman–Crippen LogP) is 3.20. The van der Waals surface area contributed by atoms with E-state index in [4.69, 9.17) is 0 Å². The lowest BCUT2D eigenvalue weighted by Crippen LogP contribution is -2.67. The van der Waals surface area contributed by atoms with Gasteiger partial charge in [-0.2, -0.15) is 5.10 Å². The number of carbonyl (C=O) groups excluding carboxylic acids is 1. The average Bonchev–Trinajstić information content (AvgIpc) is 3.08. The van der Waals surface area contributed by atoms with Gasteiger partial charge in [0.1, 0.15) is 0 Å². The molecule has 1 aromatic heterocycles. The van der Waals surface area contributed by atoms with E-state index >= 15 is 0 Å². The molecular weight excluding hydrogens is 286 g/mol. The Morgan fingerprint density at radius 3 is 2.83 bits per heavy atom. The van der Waals surface area contributed by atoms with Crippen molar-refractivity contribution in [1.29, 1.82) is 0 Å². The zero-order valence-electron chi connectivity index (χ0n) is 13.4. The topological polar surface area (TPSA) is 38.1 Å². The number of hydrogen-bond donors (Lipinski definition) is 0. The number of rotatable bonds is 4. The summed E-state index contributed by atoms with van der Waals surface area (Å²) in [4.78, 5) is 15.0. The van der Waals surface area contributed by atoms with E-state index in [1.165, 1.54) is 24.8 Å². The quantitative estimate of drug-likeness (QED) is 0.870. The van der Waals surface area contributed by atoms with Crippen molar-refractivity contribution in [3.8, 4) is 0 Å². The number of benzene rings is 1. The largest absolute Gasteiger partial charge is 0.332 e. The van der Waals surface area contributed by atoms with Crippen LogP contribution >= 0.6 is 0 Å². The van der Waals surface area contributed by atoms with Crippen LogP contribution in [0.25, 0.3) is 0 Å². The van der Waals surface area contributed by atoms with Gasteiger partial charge in [0.05, 0.1) is 5.54 Å². The molecule has 2 aromatic rings. The summed E-state index contributed by atoms with van der Waals surface area (Å²) >= 11 is 0. The molecule has 1 amide bonds. The molecule has 23 heavy (non-hydrogen) atoms. The van der Waals surface area contributed by atoms with Gasteiger partial charge >= 0.3 is 0 Å². The van der Waals surface area contributed by atoms with Crippen molar-refractivity contribution in [3.63, 3.8) is 0 Å². The fourth-order valence-corrected chi connectivity index (χ4v) is 4.46. The van der Waals surface area contributed by atoms with E-state index in [9.17, 15) is 4.79 Å². The second-order valence-electron chi connectivity index (χ2n) is 6.76. The predicted molar refractivity (Wildman–Crippen MR) is 88.6 cm³/mol. The van der Waals surface area contributed by atoms with Gasteiger partial charge in [-0.3, -0.25) is 9.48 Å². The Bertz CT molecular complexity index is 667. The second kappa shape index (κ2) is 5.84. The fourth-order valence-electron chi connectivity index (χ4n) is 4.46. The molecule has 2 heterocycles. The molecule has 1 saturated heterocycles. The summed E-state index contributed by atoms with van der Waals surface area (Å²) in [7, 11) is 0. The van der Waals surface area contributed by atoms with Crippen molar-refractivity contribution in [2.45, 2.75) is 44.2 Å². The van der Waals surface area contributed by atoms with Gasteiger partial charge in [-0.15, -0.1) is 0 Å². The van der Waals surface area contributed by atoms with Gasteiger partial charge in [0, 0.05) is 37.8 Å². The minimum atomic E-state index is -0.0410. The van der Waals surface area contributed by atoms with Gasteiger partial charge in [0.25, 0.3) is 0 Å². The van der Waals surface area contributed by atoms with Crippen LogP contribution in [0.5, 0.6) is 0 Å². The van der Waals surface area contributed by atoms with Crippen molar-refractivity contribution in [3.05, 3.63) is 54.4 Å². The molecule has 2 fully saturated rings. The van der Waals surface area contributed by atoms with E-state index in [0.29, 0.717) is 18.9 Å². The maximum absolute atomic E-state index is 12.8. The van der Waals surface area contributed by atoms with Crippen molar-refractivity contribution < 1.29 is 4.79 Å². The van der Waals surface area contributed by atoms with Crippen molar-refractivity contribution in [1.82, 2.24) is 14.7 Å². The molecule has 1 aliphatic heterocycles. The Morgan fingerprint density at radius 1 is 1.22 bits per heavy atom. The average molecular weight is 309 g/mol. The number of amides is 1. The zero-order chi connectivity index (χ0) is 15.7. The van der Waals surface area contributed by atoms with E-state index in [2.05, 4.69) is 40.3 Å². The monoisotopic (exact) mass is 309 g/mol. The summed E-state index contributed by atoms with van der Waals surface area (Å²) in [5.41, 5.74) is 1.28. The first kappa shape index (κ1) is 14.5. The SMILES string of the molecule is O=C(CCn1cccn1)N1CC2CCCCC21c1ccccc1. The van der Waals surface area contributed by atoms with Crippen LogP contribution in [-0.4, -0.2) is 27.1 Å². The lowest BCUT2D eigenvalue weighted by atomic mass is 9.61. The smallest absolute Gasteiger partial charge is 0.225 e. The molecule has 1 aromatic carbocycles. The fraction of sp³-hybridized carbons (Fsp3) is 0.474. The molecule has 2 unspecified atom stereocenters. The van der Waals surface area contributed by atoms with E-state index < -0.39 is 0 Å². The van der Waals surface area contributed by atoms with Crippen LogP contribution in [0.2, 0.25) is 0 Å². The van der Waals surface area contributed by atoms with Crippen molar-refractivity contribution in [2.75, 3.05) is 6.54 Å². The molecule has 120 valence electrons. The minimum Gasteiger partial charge on any atom is -0.332 e. The molecule has 4 rings (SSSR count). The maximum atomic E-state index is 12.8. The lowest BCUT2D eigenvalue weighted by Gasteiger charge is -2.61. The molecule has 2 atom stereocenters. The number of likely N-dealkylation sites (tertiary alicyclic amines) is 1. The zero-order valence-corrected chi connectivity index (χ0v) is 13.4. The molecule has 1 saturated carbocycles. The Morgan fingerprint density at radius 2 is 2.09 bits per heavy atom. The molecule has 0 N–H and O–H groups in total. The van der Waals surface area contributed by atoms with Gasteiger partial charge in [0.15, 0.2) is 0 Å². The molecule has 0 bridgehead atoms. The Hall–Kier alpha value is -2.10. The molecule has 0 radical (unpaired) electrons.